The van der Waals surface area contributed by atoms with Crippen molar-refractivity contribution in [1.29, 1.82) is 0 Å². The summed E-state index contributed by atoms with van der Waals surface area (Å²) >= 11 is 1.46. The van der Waals surface area contributed by atoms with Crippen LogP contribution in [0, 0.1) is 0 Å². The van der Waals surface area contributed by atoms with Gasteiger partial charge in [-0.25, -0.2) is 9.97 Å². The monoisotopic (exact) mass is 479 g/mol. The molecule has 0 amide bonds. The summed E-state index contributed by atoms with van der Waals surface area (Å²) in [6.07, 6.45) is 4.24. The van der Waals surface area contributed by atoms with E-state index in [1.54, 1.807) is 6.20 Å². The number of carbonyl (C=O) groups is 1. The SMILES string of the molecule is CNCC(Oc1ccccc1CN(C)CCN(C)c1nc(SC)ncc1C=O)c1ccccc1. The molecule has 1 atom stereocenters. The molecule has 8 heteroatoms. The number of aromatic nitrogens is 2. The zero-order chi connectivity index (χ0) is 24.3. The number of carbonyl (C=O) groups excluding carboxylic acids is 1. The number of hydrogen-bond donors (Lipinski definition) is 1. The Bertz CT molecular complexity index is 1050. The molecule has 0 saturated heterocycles. The number of thioether (sulfide) groups is 1. The first-order valence-corrected chi connectivity index (χ1v) is 12.5. The van der Waals surface area contributed by atoms with E-state index in [-0.39, 0.29) is 6.10 Å². The van der Waals surface area contributed by atoms with Crippen molar-refractivity contribution >= 4 is 23.9 Å². The second-order valence-corrected chi connectivity index (χ2v) is 8.87. The molecule has 0 aliphatic carbocycles. The molecule has 0 bridgehead atoms. The third-order valence-corrected chi connectivity index (χ3v) is 6.07. The average molecular weight is 480 g/mol. The van der Waals surface area contributed by atoms with E-state index in [9.17, 15) is 4.79 Å². The number of para-hydroxylation sites is 1. The Labute approximate surface area is 206 Å². The highest BCUT2D eigenvalue weighted by Gasteiger charge is 2.16. The summed E-state index contributed by atoms with van der Waals surface area (Å²) in [7, 11) is 5.97. The molecule has 3 rings (SSSR count). The number of anilines is 1. The van der Waals surface area contributed by atoms with Gasteiger partial charge in [-0.2, -0.15) is 0 Å². The van der Waals surface area contributed by atoms with Crippen LogP contribution in [0.15, 0.2) is 66.0 Å². The van der Waals surface area contributed by atoms with E-state index in [1.165, 1.54) is 11.8 Å². The van der Waals surface area contributed by atoms with Crippen molar-refractivity contribution in [2.45, 2.75) is 17.8 Å². The molecular formula is C26H33N5O2S. The van der Waals surface area contributed by atoms with E-state index < -0.39 is 0 Å². The molecule has 2 aromatic carbocycles. The van der Waals surface area contributed by atoms with Gasteiger partial charge in [0, 0.05) is 45.0 Å². The molecule has 3 aromatic rings. The fourth-order valence-corrected chi connectivity index (χ4v) is 3.97. The van der Waals surface area contributed by atoms with Crippen molar-refractivity contribution in [3.05, 3.63) is 77.5 Å². The fraction of sp³-hybridized carbons (Fsp3) is 0.346. The molecule has 0 aliphatic heterocycles. The van der Waals surface area contributed by atoms with Crippen LogP contribution in [-0.2, 0) is 6.54 Å². The van der Waals surface area contributed by atoms with Gasteiger partial charge in [0.2, 0.25) is 0 Å². The first-order chi connectivity index (χ1) is 16.5. The zero-order valence-electron chi connectivity index (χ0n) is 20.3. The highest BCUT2D eigenvalue weighted by atomic mass is 32.2. The maximum atomic E-state index is 11.4. The maximum Gasteiger partial charge on any atom is 0.189 e. The van der Waals surface area contributed by atoms with E-state index in [1.807, 2.05) is 61.6 Å². The summed E-state index contributed by atoms with van der Waals surface area (Å²) < 4.78 is 6.47. The largest absolute Gasteiger partial charge is 0.484 e. The van der Waals surface area contributed by atoms with Crippen LogP contribution in [0.1, 0.15) is 27.6 Å². The number of nitrogens with one attached hydrogen (secondary N) is 1. The van der Waals surface area contributed by atoms with Crippen molar-refractivity contribution in [3.8, 4) is 5.75 Å². The topological polar surface area (TPSA) is 70.6 Å². The quantitative estimate of drug-likeness (QED) is 0.225. The van der Waals surface area contributed by atoms with Gasteiger partial charge in [0.25, 0.3) is 0 Å². The summed E-state index contributed by atoms with van der Waals surface area (Å²) in [5, 5.41) is 3.89. The first-order valence-electron chi connectivity index (χ1n) is 11.3. The molecule has 1 aromatic heterocycles. The van der Waals surface area contributed by atoms with Gasteiger partial charge in [0.1, 0.15) is 17.7 Å². The van der Waals surface area contributed by atoms with Crippen molar-refractivity contribution in [3.63, 3.8) is 0 Å². The molecule has 34 heavy (non-hydrogen) atoms. The van der Waals surface area contributed by atoms with Crippen LogP contribution in [0.4, 0.5) is 5.82 Å². The predicted molar refractivity (Wildman–Crippen MR) is 139 cm³/mol. The van der Waals surface area contributed by atoms with Gasteiger partial charge in [-0.3, -0.25) is 4.79 Å². The number of nitrogens with zero attached hydrogens (tertiary/aromatic N) is 4. The molecule has 0 radical (unpaired) electrons. The molecule has 1 heterocycles. The first kappa shape index (κ1) is 25.7. The lowest BCUT2D eigenvalue weighted by atomic mass is 10.1. The highest BCUT2D eigenvalue weighted by molar-refractivity contribution is 7.98. The van der Waals surface area contributed by atoms with Gasteiger partial charge in [-0.05, 0) is 32.0 Å². The Balaban J connectivity index is 1.66. The lowest BCUT2D eigenvalue weighted by Gasteiger charge is -2.25. The molecule has 0 aliphatic rings. The Kier molecular flexibility index (Phi) is 9.88. The van der Waals surface area contributed by atoms with Crippen molar-refractivity contribution in [2.75, 3.05) is 51.9 Å². The fourth-order valence-electron chi connectivity index (χ4n) is 3.63. The number of likely N-dealkylation sites (N-methyl/N-ethyl adjacent to an activating group) is 3. The summed E-state index contributed by atoms with van der Waals surface area (Å²) in [4.78, 5) is 24.4. The Morgan fingerprint density at radius 2 is 1.82 bits per heavy atom. The van der Waals surface area contributed by atoms with Crippen LogP contribution in [0.5, 0.6) is 5.75 Å². The lowest BCUT2D eigenvalue weighted by Crippen LogP contribution is -2.32. The second kappa shape index (κ2) is 13.1. The van der Waals surface area contributed by atoms with Gasteiger partial charge < -0.3 is 19.9 Å². The molecule has 0 spiro atoms. The van der Waals surface area contributed by atoms with Crippen molar-refractivity contribution in [2.24, 2.45) is 0 Å². The Morgan fingerprint density at radius 3 is 2.53 bits per heavy atom. The highest BCUT2D eigenvalue weighted by Crippen LogP contribution is 2.26. The second-order valence-electron chi connectivity index (χ2n) is 8.10. The third-order valence-electron chi connectivity index (χ3n) is 5.51. The summed E-state index contributed by atoms with van der Waals surface area (Å²) in [6.45, 7) is 2.97. The van der Waals surface area contributed by atoms with Crippen LogP contribution in [-0.4, -0.2) is 68.2 Å². The summed E-state index contributed by atoms with van der Waals surface area (Å²) in [5.41, 5.74) is 2.77. The summed E-state index contributed by atoms with van der Waals surface area (Å²) in [5.74, 6) is 1.54. The number of ether oxygens (including phenoxy) is 1. The number of rotatable bonds is 13. The molecule has 0 saturated carbocycles. The van der Waals surface area contributed by atoms with Crippen LogP contribution in [0.25, 0.3) is 0 Å². The van der Waals surface area contributed by atoms with Crippen molar-refractivity contribution < 1.29 is 9.53 Å². The number of hydrogen-bond acceptors (Lipinski definition) is 8. The van der Waals surface area contributed by atoms with Crippen LogP contribution < -0.4 is 15.0 Å². The molecule has 180 valence electrons. The maximum absolute atomic E-state index is 11.4. The van der Waals surface area contributed by atoms with Crippen LogP contribution in [0.3, 0.4) is 0 Å². The number of benzene rings is 2. The summed E-state index contributed by atoms with van der Waals surface area (Å²) in [6, 6.07) is 18.5. The van der Waals surface area contributed by atoms with Crippen LogP contribution >= 0.6 is 11.8 Å². The molecule has 1 unspecified atom stereocenters. The number of aldehydes is 1. The van der Waals surface area contributed by atoms with Gasteiger partial charge in [-0.15, -0.1) is 0 Å². The molecule has 7 nitrogen and oxygen atoms in total. The van der Waals surface area contributed by atoms with Gasteiger partial charge in [0.05, 0.1) is 5.56 Å². The molecule has 0 fully saturated rings. The average Bonchev–Trinajstić information content (AvgIpc) is 2.88. The normalized spacial score (nSPS) is 11.9. The van der Waals surface area contributed by atoms with Crippen molar-refractivity contribution in [1.82, 2.24) is 20.2 Å². The van der Waals surface area contributed by atoms with Gasteiger partial charge >= 0.3 is 0 Å². The Morgan fingerprint density at radius 1 is 1.09 bits per heavy atom. The van der Waals surface area contributed by atoms with Gasteiger partial charge in [0.15, 0.2) is 11.4 Å². The predicted octanol–water partition coefficient (Wildman–Crippen LogP) is 3.92. The smallest absolute Gasteiger partial charge is 0.189 e. The standard InChI is InChI=1S/C26H33N5O2S/c1-27-17-24(20-10-6-5-7-11-20)33-23-13-9-8-12-21(23)18-30(2)14-15-31(3)25-22(19-32)16-28-26(29-25)34-4/h5-13,16,19,24,27H,14-15,17-18H2,1-4H3. The Hall–Kier alpha value is -2.94. The van der Waals surface area contributed by atoms with Gasteiger partial charge in [-0.1, -0.05) is 60.3 Å². The zero-order valence-corrected chi connectivity index (χ0v) is 21.1. The minimum atomic E-state index is -0.0750. The molecular weight excluding hydrogens is 446 g/mol. The molecule has 1 N–H and O–H groups in total. The van der Waals surface area contributed by atoms with E-state index in [2.05, 4.69) is 45.4 Å². The third kappa shape index (κ3) is 7.03. The van der Waals surface area contributed by atoms with Crippen LogP contribution in [0.2, 0.25) is 0 Å². The van der Waals surface area contributed by atoms with E-state index in [4.69, 9.17) is 4.74 Å². The van der Waals surface area contributed by atoms with E-state index >= 15 is 0 Å². The van der Waals surface area contributed by atoms with E-state index in [0.29, 0.717) is 16.5 Å². The minimum absolute atomic E-state index is 0.0750. The van der Waals surface area contributed by atoms with E-state index in [0.717, 1.165) is 49.3 Å². The lowest BCUT2D eigenvalue weighted by molar-refractivity contribution is 0.112. The minimum Gasteiger partial charge on any atom is -0.484 e.